The van der Waals surface area contributed by atoms with E-state index in [4.69, 9.17) is 14.2 Å². The summed E-state index contributed by atoms with van der Waals surface area (Å²) >= 11 is 0. The fourth-order valence-electron chi connectivity index (χ4n) is 2.90. The van der Waals surface area contributed by atoms with Crippen LogP contribution in [0.2, 0.25) is 0 Å². The first-order valence-corrected chi connectivity index (χ1v) is 7.44. The summed E-state index contributed by atoms with van der Waals surface area (Å²) in [6.45, 7) is 1.39. The zero-order chi connectivity index (χ0) is 14.7. The summed E-state index contributed by atoms with van der Waals surface area (Å²) in [6, 6.07) is 7.72. The predicted octanol–water partition coefficient (Wildman–Crippen LogP) is 2.03. The maximum absolute atomic E-state index is 11.5. The van der Waals surface area contributed by atoms with Crippen molar-refractivity contribution in [2.75, 3.05) is 20.3 Å². The van der Waals surface area contributed by atoms with Crippen LogP contribution in [0, 0.1) is 5.92 Å². The van der Waals surface area contributed by atoms with Crippen molar-refractivity contribution >= 4 is 5.91 Å². The molecule has 2 saturated heterocycles. The van der Waals surface area contributed by atoms with Gasteiger partial charge in [0.25, 0.3) is 0 Å². The Bertz CT molecular complexity index is 488. The maximum atomic E-state index is 11.5. The van der Waals surface area contributed by atoms with Crippen LogP contribution in [0.3, 0.4) is 0 Å². The SMILES string of the molecule is COc1ccc([C@H]2OC[C@@H]3CCNC(=O)CC[C@H]3O2)cc1. The first-order valence-electron chi connectivity index (χ1n) is 7.44. The van der Waals surface area contributed by atoms with Gasteiger partial charge < -0.3 is 19.5 Å². The smallest absolute Gasteiger partial charge is 0.220 e. The third kappa shape index (κ3) is 3.36. The van der Waals surface area contributed by atoms with Gasteiger partial charge in [0, 0.05) is 24.4 Å². The Morgan fingerprint density at radius 1 is 1.24 bits per heavy atom. The van der Waals surface area contributed by atoms with E-state index in [-0.39, 0.29) is 18.3 Å². The lowest BCUT2D eigenvalue weighted by atomic mass is 9.92. The second-order valence-electron chi connectivity index (χ2n) is 5.55. The highest BCUT2D eigenvalue weighted by molar-refractivity contribution is 5.75. The average molecular weight is 291 g/mol. The molecule has 2 heterocycles. The number of methoxy groups -OCH3 is 1. The van der Waals surface area contributed by atoms with Crippen LogP contribution < -0.4 is 10.1 Å². The molecule has 3 rings (SSSR count). The van der Waals surface area contributed by atoms with Crippen LogP contribution in [0.4, 0.5) is 0 Å². The van der Waals surface area contributed by atoms with Crippen molar-refractivity contribution in [1.82, 2.24) is 5.32 Å². The Hall–Kier alpha value is -1.59. The molecule has 1 aromatic rings. The van der Waals surface area contributed by atoms with Gasteiger partial charge in [-0.05, 0) is 25.0 Å². The van der Waals surface area contributed by atoms with Crippen LogP contribution >= 0.6 is 0 Å². The maximum Gasteiger partial charge on any atom is 0.220 e. The minimum atomic E-state index is -0.348. The molecule has 2 fully saturated rings. The van der Waals surface area contributed by atoms with E-state index in [1.807, 2.05) is 24.3 Å². The number of nitrogens with one attached hydrogen (secondary N) is 1. The molecule has 2 aliphatic rings. The van der Waals surface area contributed by atoms with Crippen molar-refractivity contribution in [2.45, 2.75) is 31.7 Å². The van der Waals surface area contributed by atoms with Crippen LogP contribution in [0.5, 0.6) is 5.75 Å². The Labute approximate surface area is 124 Å². The Morgan fingerprint density at radius 3 is 2.81 bits per heavy atom. The largest absolute Gasteiger partial charge is 0.497 e. The molecule has 5 nitrogen and oxygen atoms in total. The molecule has 0 aromatic heterocycles. The Kier molecular flexibility index (Phi) is 4.41. The molecule has 0 bridgehead atoms. The van der Waals surface area contributed by atoms with Gasteiger partial charge >= 0.3 is 0 Å². The molecule has 0 unspecified atom stereocenters. The monoisotopic (exact) mass is 291 g/mol. The predicted molar refractivity (Wildman–Crippen MR) is 76.9 cm³/mol. The summed E-state index contributed by atoms with van der Waals surface area (Å²) in [5, 5.41) is 2.91. The van der Waals surface area contributed by atoms with Crippen molar-refractivity contribution in [1.29, 1.82) is 0 Å². The van der Waals surface area contributed by atoms with Gasteiger partial charge in [-0.25, -0.2) is 0 Å². The number of amides is 1. The van der Waals surface area contributed by atoms with E-state index in [0.717, 1.165) is 24.2 Å². The molecule has 3 atom stereocenters. The van der Waals surface area contributed by atoms with Crippen molar-refractivity contribution in [2.24, 2.45) is 5.92 Å². The molecule has 0 radical (unpaired) electrons. The topological polar surface area (TPSA) is 56.8 Å². The summed E-state index contributed by atoms with van der Waals surface area (Å²) in [5.41, 5.74) is 0.987. The lowest BCUT2D eigenvalue weighted by molar-refractivity contribution is -0.244. The van der Waals surface area contributed by atoms with E-state index in [9.17, 15) is 4.79 Å². The first-order chi connectivity index (χ1) is 10.3. The van der Waals surface area contributed by atoms with E-state index >= 15 is 0 Å². The highest BCUT2D eigenvalue weighted by atomic mass is 16.7. The van der Waals surface area contributed by atoms with E-state index in [0.29, 0.717) is 25.5 Å². The van der Waals surface area contributed by atoms with Gasteiger partial charge in [-0.2, -0.15) is 0 Å². The average Bonchev–Trinajstić information content (AvgIpc) is 2.52. The number of hydrogen-bond donors (Lipinski definition) is 1. The Morgan fingerprint density at radius 2 is 2.05 bits per heavy atom. The van der Waals surface area contributed by atoms with Crippen LogP contribution in [0.25, 0.3) is 0 Å². The zero-order valence-electron chi connectivity index (χ0n) is 12.2. The van der Waals surface area contributed by atoms with Crippen molar-refractivity contribution in [3.8, 4) is 5.75 Å². The van der Waals surface area contributed by atoms with Gasteiger partial charge in [0.15, 0.2) is 6.29 Å². The number of carbonyl (C=O) groups excluding carboxylic acids is 1. The number of ether oxygens (including phenoxy) is 3. The van der Waals surface area contributed by atoms with Gasteiger partial charge in [-0.1, -0.05) is 12.1 Å². The zero-order valence-corrected chi connectivity index (χ0v) is 12.2. The molecule has 114 valence electrons. The highest BCUT2D eigenvalue weighted by Gasteiger charge is 2.33. The first kappa shape index (κ1) is 14.4. The van der Waals surface area contributed by atoms with Crippen molar-refractivity contribution < 1.29 is 19.0 Å². The fourth-order valence-corrected chi connectivity index (χ4v) is 2.90. The second-order valence-corrected chi connectivity index (χ2v) is 5.55. The summed E-state index contributed by atoms with van der Waals surface area (Å²) < 4.78 is 17.1. The lowest BCUT2D eigenvalue weighted by Gasteiger charge is -2.38. The van der Waals surface area contributed by atoms with Crippen molar-refractivity contribution in [3.63, 3.8) is 0 Å². The van der Waals surface area contributed by atoms with E-state index in [1.54, 1.807) is 7.11 Å². The standard InChI is InChI=1S/C16H21NO4/c1-19-13-4-2-11(3-5-13)16-20-10-12-8-9-17-15(18)7-6-14(12)21-16/h2-5,12,14,16H,6-10H2,1H3,(H,17,18)/t12-,14+,16-/m0/s1. The molecule has 0 spiro atoms. The van der Waals surface area contributed by atoms with E-state index in [1.165, 1.54) is 0 Å². The molecule has 5 heteroatoms. The summed E-state index contributed by atoms with van der Waals surface area (Å²) in [6.07, 6.45) is 1.94. The van der Waals surface area contributed by atoms with Gasteiger partial charge in [-0.15, -0.1) is 0 Å². The van der Waals surface area contributed by atoms with Crippen LogP contribution in [0.1, 0.15) is 31.1 Å². The summed E-state index contributed by atoms with van der Waals surface area (Å²) in [5.74, 6) is 1.29. The van der Waals surface area contributed by atoms with Crippen LogP contribution in [-0.4, -0.2) is 32.3 Å². The lowest BCUT2D eigenvalue weighted by Crippen LogP contribution is -2.41. The second kappa shape index (κ2) is 6.45. The third-order valence-corrected chi connectivity index (χ3v) is 4.17. The molecule has 1 amide bonds. The van der Waals surface area contributed by atoms with Crippen LogP contribution in [-0.2, 0) is 14.3 Å². The Balaban J connectivity index is 1.67. The van der Waals surface area contributed by atoms with E-state index < -0.39 is 0 Å². The number of benzene rings is 1. The quantitative estimate of drug-likeness (QED) is 0.906. The van der Waals surface area contributed by atoms with Crippen LogP contribution in [0.15, 0.2) is 24.3 Å². The van der Waals surface area contributed by atoms with Gasteiger partial charge in [0.1, 0.15) is 5.75 Å². The summed E-state index contributed by atoms with van der Waals surface area (Å²) in [7, 11) is 1.65. The number of fused-ring (bicyclic) bond motifs is 1. The minimum absolute atomic E-state index is 0.0944. The summed E-state index contributed by atoms with van der Waals surface area (Å²) in [4.78, 5) is 11.5. The molecule has 1 aromatic carbocycles. The van der Waals surface area contributed by atoms with Gasteiger partial charge in [-0.3, -0.25) is 4.79 Å². The third-order valence-electron chi connectivity index (χ3n) is 4.17. The molecule has 1 N–H and O–H groups in total. The normalized spacial score (nSPS) is 29.8. The molecule has 0 saturated carbocycles. The molecule has 0 aliphatic carbocycles. The molecule has 2 aliphatic heterocycles. The highest BCUT2D eigenvalue weighted by Crippen LogP contribution is 2.33. The van der Waals surface area contributed by atoms with E-state index in [2.05, 4.69) is 5.32 Å². The molecule has 21 heavy (non-hydrogen) atoms. The number of rotatable bonds is 2. The molecular weight excluding hydrogens is 270 g/mol. The minimum Gasteiger partial charge on any atom is -0.497 e. The van der Waals surface area contributed by atoms with Gasteiger partial charge in [0.05, 0.1) is 19.8 Å². The fraction of sp³-hybridized carbons (Fsp3) is 0.562. The number of carbonyl (C=O) groups is 1. The van der Waals surface area contributed by atoms with Crippen molar-refractivity contribution in [3.05, 3.63) is 29.8 Å². The molecular formula is C16H21NO4. The number of hydrogen-bond acceptors (Lipinski definition) is 4. The van der Waals surface area contributed by atoms with Gasteiger partial charge in [0.2, 0.25) is 5.91 Å².